The van der Waals surface area contributed by atoms with E-state index in [0.29, 0.717) is 5.56 Å². The van der Waals surface area contributed by atoms with Gasteiger partial charge in [-0.3, -0.25) is 0 Å². The Morgan fingerprint density at radius 1 is 0.667 bits per heavy atom. The molecule has 2 heteroatoms. The minimum atomic E-state index is -0.911. The normalized spacial score (nSPS) is 10.3. The smallest absolute Gasteiger partial charge is 0.336 e. The summed E-state index contributed by atoms with van der Waals surface area (Å²) in [6.07, 6.45) is 0. The van der Waals surface area contributed by atoms with E-state index in [1.165, 1.54) is 0 Å². The Kier molecular flexibility index (Phi) is 3.52. The Morgan fingerprint density at radius 3 is 1.81 bits per heavy atom. The molecule has 0 radical (unpaired) electrons. The highest BCUT2D eigenvalue weighted by molar-refractivity contribution is 6.01. The summed E-state index contributed by atoms with van der Waals surface area (Å²) in [5, 5.41) is 9.50. The SMILES string of the molecule is O=C(O)c1cccc(-c2ccccc2)c1-c1ccccc1. The lowest BCUT2D eigenvalue weighted by Crippen LogP contribution is -2.01. The number of hydrogen-bond donors (Lipinski definition) is 1. The number of rotatable bonds is 3. The number of carboxylic acid groups (broad SMARTS) is 1. The topological polar surface area (TPSA) is 37.3 Å². The largest absolute Gasteiger partial charge is 0.478 e. The fourth-order valence-electron chi connectivity index (χ4n) is 2.50. The maximum absolute atomic E-state index is 11.6. The van der Waals surface area contributed by atoms with Crippen molar-refractivity contribution in [2.24, 2.45) is 0 Å². The van der Waals surface area contributed by atoms with Crippen molar-refractivity contribution < 1.29 is 9.90 Å². The Balaban J connectivity index is 2.31. The summed E-state index contributed by atoms with van der Waals surface area (Å²) in [5.74, 6) is -0.911. The van der Waals surface area contributed by atoms with Gasteiger partial charge in [0, 0.05) is 5.56 Å². The molecule has 0 spiro atoms. The van der Waals surface area contributed by atoms with Gasteiger partial charge < -0.3 is 5.11 Å². The third kappa shape index (κ3) is 2.56. The summed E-state index contributed by atoms with van der Waals surface area (Å²) in [6, 6.07) is 24.9. The highest BCUT2D eigenvalue weighted by Crippen LogP contribution is 2.34. The van der Waals surface area contributed by atoms with Crippen LogP contribution in [-0.2, 0) is 0 Å². The average Bonchev–Trinajstić information content (AvgIpc) is 2.55. The van der Waals surface area contributed by atoms with Crippen molar-refractivity contribution in [3.05, 3.63) is 84.4 Å². The van der Waals surface area contributed by atoms with Crippen LogP contribution in [0.2, 0.25) is 0 Å². The molecule has 102 valence electrons. The monoisotopic (exact) mass is 274 g/mol. The summed E-state index contributed by atoms with van der Waals surface area (Å²) >= 11 is 0. The molecule has 1 N–H and O–H groups in total. The number of hydrogen-bond acceptors (Lipinski definition) is 1. The second-order valence-electron chi connectivity index (χ2n) is 4.77. The van der Waals surface area contributed by atoms with Gasteiger partial charge in [-0.1, -0.05) is 72.8 Å². The molecule has 3 aromatic rings. The fourth-order valence-corrected chi connectivity index (χ4v) is 2.50. The number of carbonyl (C=O) groups is 1. The average molecular weight is 274 g/mol. The van der Waals surface area contributed by atoms with Gasteiger partial charge in [0.25, 0.3) is 0 Å². The first-order chi connectivity index (χ1) is 10.3. The zero-order chi connectivity index (χ0) is 14.7. The first-order valence-corrected chi connectivity index (χ1v) is 6.74. The van der Waals surface area contributed by atoms with Crippen LogP contribution >= 0.6 is 0 Å². The number of carboxylic acids is 1. The number of aromatic carboxylic acids is 1. The van der Waals surface area contributed by atoms with E-state index < -0.39 is 5.97 Å². The van der Waals surface area contributed by atoms with Gasteiger partial charge in [-0.2, -0.15) is 0 Å². The summed E-state index contributed by atoms with van der Waals surface area (Å²) in [4.78, 5) is 11.6. The van der Waals surface area contributed by atoms with E-state index in [1.807, 2.05) is 66.7 Å². The van der Waals surface area contributed by atoms with E-state index in [2.05, 4.69) is 0 Å². The fraction of sp³-hybridized carbons (Fsp3) is 0. The summed E-state index contributed by atoms with van der Waals surface area (Å²) in [6.45, 7) is 0. The standard InChI is InChI=1S/C19H14O2/c20-19(21)17-13-7-12-16(14-8-3-1-4-9-14)18(17)15-10-5-2-6-11-15/h1-13H,(H,20,21). The maximum Gasteiger partial charge on any atom is 0.336 e. The van der Waals surface area contributed by atoms with Crippen molar-refractivity contribution in [2.75, 3.05) is 0 Å². The lowest BCUT2D eigenvalue weighted by molar-refractivity contribution is 0.0698. The van der Waals surface area contributed by atoms with E-state index in [9.17, 15) is 9.90 Å². The zero-order valence-electron chi connectivity index (χ0n) is 11.4. The Hall–Kier alpha value is -2.87. The van der Waals surface area contributed by atoms with E-state index in [0.717, 1.165) is 22.3 Å². The first kappa shape index (κ1) is 13.1. The third-order valence-corrected chi connectivity index (χ3v) is 3.44. The highest BCUT2D eigenvalue weighted by Gasteiger charge is 2.16. The van der Waals surface area contributed by atoms with Gasteiger partial charge in [0.2, 0.25) is 0 Å². The van der Waals surface area contributed by atoms with Gasteiger partial charge in [-0.05, 0) is 22.8 Å². The van der Waals surface area contributed by atoms with Crippen molar-refractivity contribution in [1.29, 1.82) is 0 Å². The van der Waals surface area contributed by atoms with E-state index in [4.69, 9.17) is 0 Å². The number of benzene rings is 3. The molecule has 0 aromatic heterocycles. The predicted molar refractivity (Wildman–Crippen MR) is 84.3 cm³/mol. The minimum Gasteiger partial charge on any atom is -0.478 e. The van der Waals surface area contributed by atoms with E-state index in [-0.39, 0.29) is 0 Å². The van der Waals surface area contributed by atoms with E-state index >= 15 is 0 Å². The highest BCUT2D eigenvalue weighted by atomic mass is 16.4. The molecule has 0 aliphatic rings. The summed E-state index contributed by atoms with van der Waals surface area (Å²) < 4.78 is 0. The lowest BCUT2D eigenvalue weighted by atomic mass is 9.90. The first-order valence-electron chi connectivity index (χ1n) is 6.74. The molecule has 0 atom stereocenters. The van der Waals surface area contributed by atoms with Crippen molar-refractivity contribution in [2.45, 2.75) is 0 Å². The quantitative estimate of drug-likeness (QED) is 0.750. The van der Waals surface area contributed by atoms with Crippen LogP contribution in [0, 0.1) is 0 Å². The molecule has 21 heavy (non-hydrogen) atoms. The third-order valence-electron chi connectivity index (χ3n) is 3.44. The van der Waals surface area contributed by atoms with Crippen molar-refractivity contribution >= 4 is 5.97 Å². The minimum absolute atomic E-state index is 0.322. The van der Waals surface area contributed by atoms with Gasteiger partial charge in [-0.15, -0.1) is 0 Å². The molecule has 2 nitrogen and oxygen atoms in total. The van der Waals surface area contributed by atoms with E-state index in [1.54, 1.807) is 12.1 Å². The molecule has 0 amide bonds. The van der Waals surface area contributed by atoms with Crippen molar-refractivity contribution in [3.63, 3.8) is 0 Å². The van der Waals surface area contributed by atoms with Gasteiger partial charge in [-0.25, -0.2) is 4.79 Å². The van der Waals surface area contributed by atoms with Crippen LogP contribution in [0.4, 0.5) is 0 Å². The molecule has 0 saturated carbocycles. The van der Waals surface area contributed by atoms with Crippen LogP contribution in [0.3, 0.4) is 0 Å². The lowest BCUT2D eigenvalue weighted by Gasteiger charge is -2.13. The molecule has 3 aromatic carbocycles. The molecular formula is C19H14O2. The van der Waals surface area contributed by atoms with Crippen LogP contribution in [0.5, 0.6) is 0 Å². The molecule has 0 unspecified atom stereocenters. The molecule has 3 rings (SSSR count). The van der Waals surface area contributed by atoms with Crippen LogP contribution < -0.4 is 0 Å². The summed E-state index contributed by atoms with van der Waals surface area (Å²) in [5.41, 5.74) is 3.94. The molecule has 0 bridgehead atoms. The summed E-state index contributed by atoms with van der Waals surface area (Å²) in [7, 11) is 0. The molecule has 0 heterocycles. The van der Waals surface area contributed by atoms with Crippen LogP contribution in [0.25, 0.3) is 22.3 Å². The molecule has 0 fully saturated rings. The van der Waals surface area contributed by atoms with Gasteiger partial charge in [0.1, 0.15) is 0 Å². The van der Waals surface area contributed by atoms with Gasteiger partial charge >= 0.3 is 5.97 Å². The maximum atomic E-state index is 11.6. The second kappa shape index (κ2) is 5.63. The van der Waals surface area contributed by atoms with Crippen LogP contribution in [0.15, 0.2) is 78.9 Å². The molecule has 0 aliphatic carbocycles. The Labute approximate surface area is 123 Å². The zero-order valence-corrected chi connectivity index (χ0v) is 11.4. The van der Waals surface area contributed by atoms with Crippen molar-refractivity contribution in [3.8, 4) is 22.3 Å². The van der Waals surface area contributed by atoms with Crippen LogP contribution in [-0.4, -0.2) is 11.1 Å². The predicted octanol–water partition coefficient (Wildman–Crippen LogP) is 4.72. The van der Waals surface area contributed by atoms with Gasteiger partial charge in [0.05, 0.1) is 5.56 Å². The molecule has 0 saturated heterocycles. The Bertz CT molecular complexity index is 762. The van der Waals surface area contributed by atoms with Gasteiger partial charge in [0.15, 0.2) is 0 Å². The Morgan fingerprint density at radius 2 is 1.24 bits per heavy atom. The molecular weight excluding hydrogens is 260 g/mol. The van der Waals surface area contributed by atoms with Crippen LogP contribution in [0.1, 0.15) is 10.4 Å². The van der Waals surface area contributed by atoms with Crippen molar-refractivity contribution in [1.82, 2.24) is 0 Å². The molecule has 0 aliphatic heterocycles. The second-order valence-corrected chi connectivity index (χ2v) is 4.77.